The van der Waals surface area contributed by atoms with Crippen LogP contribution in [-0.2, 0) is 0 Å². The third-order valence-electron chi connectivity index (χ3n) is 2.68. The number of amides is 1. The molecule has 0 aliphatic heterocycles. The summed E-state index contributed by atoms with van der Waals surface area (Å²) in [6, 6.07) is 9.45. The van der Waals surface area contributed by atoms with E-state index in [9.17, 15) is 4.79 Å². The van der Waals surface area contributed by atoms with Crippen molar-refractivity contribution in [3.8, 4) is 0 Å². The summed E-state index contributed by atoms with van der Waals surface area (Å²) in [5, 5.41) is 3.83. The van der Waals surface area contributed by atoms with Crippen molar-refractivity contribution in [3.05, 3.63) is 62.6 Å². The van der Waals surface area contributed by atoms with E-state index in [0.717, 1.165) is 0 Å². The second kappa shape index (κ2) is 6.62. The van der Waals surface area contributed by atoms with Gasteiger partial charge in [-0.15, -0.1) is 0 Å². The quantitative estimate of drug-likeness (QED) is 0.791. The summed E-state index contributed by atoms with van der Waals surface area (Å²) in [4.78, 5) is 12.4. The van der Waals surface area contributed by atoms with E-state index in [0.29, 0.717) is 31.9 Å². The minimum atomic E-state index is -0.367. The molecule has 0 heterocycles. The first kappa shape index (κ1) is 16.0. The zero-order valence-corrected chi connectivity index (χ0v) is 13.6. The number of carbonyl (C=O) groups is 1. The molecule has 0 aliphatic rings. The van der Waals surface area contributed by atoms with Crippen molar-refractivity contribution in [2.75, 3.05) is 5.32 Å². The van der Waals surface area contributed by atoms with Crippen LogP contribution in [0, 0.1) is 0 Å². The van der Waals surface area contributed by atoms with Gasteiger partial charge in [0.25, 0.3) is 5.91 Å². The maximum absolute atomic E-state index is 12.2. The van der Waals surface area contributed by atoms with Crippen molar-refractivity contribution in [3.63, 3.8) is 0 Å². The highest BCUT2D eigenvalue weighted by molar-refractivity contribution is 7.80. The maximum atomic E-state index is 12.2. The Kier molecular flexibility index (Phi) is 5.06. The average Bonchev–Trinajstić information content (AvgIpc) is 2.41. The van der Waals surface area contributed by atoms with E-state index < -0.39 is 0 Å². The van der Waals surface area contributed by atoms with Gasteiger partial charge in [-0.25, -0.2) is 0 Å². The smallest absolute Gasteiger partial charge is 0.255 e. The summed E-state index contributed by atoms with van der Waals surface area (Å²) in [5.74, 6) is -0.367. The van der Waals surface area contributed by atoms with Gasteiger partial charge in [-0.3, -0.25) is 4.79 Å². The SMILES string of the molecule is NC(=S)c1ccc(Cl)cc1NC(=O)c1ccc(Cl)c(Cl)c1. The Labute approximate surface area is 142 Å². The minimum Gasteiger partial charge on any atom is -0.389 e. The zero-order chi connectivity index (χ0) is 15.6. The molecule has 21 heavy (non-hydrogen) atoms. The van der Waals surface area contributed by atoms with Crippen molar-refractivity contribution in [1.29, 1.82) is 0 Å². The lowest BCUT2D eigenvalue weighted by molar-refractivity contribution is 0.102. The summed E-state index contributed by atoms with van der Waals surface area (Å²) < 4.78 is 0. The first-order valence-corrected chi connectivity index (χ1v) is 7.28. The van der Waals surface area contributed by atoms with E-state index in [1.54, 1.807) is 30.3 Å². The van der Waals surface area contributed by atoms with Crippen LogP contribution < -0.4 is 11.1 Å². The third-order valence-corrected chi connectivity index (χ3v) is 3.87. The van der Waals surface area contributed by atoms with Crippen molar-refractivity contribution >= 4 is 63.6 Å². The second-order valence-corrected chi connectivity index (χ2v) is 5.83. The molecule has 2 aromatic carbocycles. The summed E-state index contributed by atoms with van der Waals surface area (Å²) in [6.45, 7) is 0. The first-order valence-electron chi connectivity index (χ1n) is 5.74. The molecule has 0 radical (unpaired) electrons. The van der Waals surface area contributed by atoms with E-state index >= 15 is 0 Å². The molecule has 0 saturated carbocycles. The lowest BCUT2D eigenvalue weighted by Gasteiger charge is -2.11. The van der Waals surface area contributed by atoms with Gasteiger partial charge in [0.2, 0.25) is 0 Å². The van der Waals surface area contributed by atoms with Crippen LogP contribution in [0.5, 0.6) is 0 Å². The summed E-state index contributed by atoms with van der Waals surface area (Å²) in [6.07, 6.45) is 0. The van der Waals surface area contributed by atoms with Gasteiger partial charge >= 0.3 is 0 Å². The topological polar surface area (TPSA) is 55.1 Å². The van der Waals surface area contributed by atoms with Crippen LogP contribution in [0.3, 0.4) is 0 Å². The Bertz CT molecular complexity index is 734. The molecule has 2 rings (SSSR count). The molecule has 0 aliphatic carbocycles. The molecule has 0 fully saturated rings. The first-order chi connectivity index (χ1) is 9.88. The number of anilines is 1. The van der Waals surface area contributed by atoms with E-state index in [1.807, 2.05) is 0 Å². The van der Waals surface area contributed by atoms with Crippen molar-refractivity contribution in [2.45, 2.75) is 0 Å². The molecule has 0 bridgehead atoms. The molecule has 7 heteroatoms. The van der Waals surface area contributed by atoms with E-state index in [-0.39, 0.29) is 10.9 Å². The molecule has 0 atom stereocenters. The van der Waals surface area contributed by atoms with Crippen LogP contribution in [0.15, 0.2) is 36.4 Å². The predicted octanol–water partition coefficient (Wildman–Crippen LogP) is 4.53. The predicted molar refractivity (Wildman–Crippen MR) is 91.8 cm³/mol. The summed E-state index contributed by atoms with van der Waals surface area (Å²) >= 11 is 22.6. The number of carbonyl (C=O) groups excluding carboxylic acids is 1. The van der Waals surface area contributed by atoms with E-state index in [2.05, 4.69) is 5.32 Å². The number of hydrogen-bond donors (Lipinski definition) is 2. The molecule has 0 saturated heterocycles. The molecular formula is C14H9Cl3N2OS. The molecule has 1 amide bonds. The molecule has 2 aromatic rings. The Morgan fingerprint density at radius 3 is 2.38 bits per heavy atom. The fraction of sp³-hybridized carbons (Fsp3) is 0. The average molecular weight is 360 g/mol. The lowest BCUT2D eigenvalue weighted by Crippen LogP contribution is -2.17. The molecule has 3 nitrogen and oxygen atoms in total. The zero-order valence-electron chi connectivity index (χ0n) is 10.5. The molecule has 0 unspecified atom stereocenters. The lowest BCUT2D eigenvalue weighted by atomic mass is 10.1. The van der Waals surface area contributed by atoms with Gasteiger partial charge < -0.3 is 11.1 Å². The Balaban J connectivity index is 2.33. The van der Waals surface area contributed by atoms with Crippen molar-refractivity contribution in [1.82, 2.24) is 0 Å². The van der Waals surface area contributed by atoms with Crippen LogP contribution in [-0.4, -0.2) is 10.9 Å². The fourth-order valence-corrected chi connectivity index (χ4v) is 2.31. The van der Waals surface area contributed by atoms with Crippen molar-refractivity contribution in [2.24, 2.45) is 5.73 Å². The number of rotatable bonds is 3. The third kappa shape index (κ3) is 3.86. The molecule has 3 N–H and O–H groups in total. The van der Waals surface area contributed by atoms with Crippen LogP contribution in [0.2, 0.25) is 15.1 Å². The number of thiocarbonyl (C=S) groups is 1. The Morgan fingerprint density at radius 1 is 1.05 bits per heavy atom. The molecule has 0 spiro atoms. The van der Waals surface area contributed by atoms with Gasteiger partial charge in [0.05, 0.1) is 15.7 Å². The maximum Gasteiger partial charge on any atom is 0.255 e. The van der Waals surface area contributed by atoms with Crippen LogP contribution >= 0.6 is 47.0 Å². The summed E-state index contributed by atoms with van der Waals surface area (Å²) in [5.41, 5.74) is 6.95. The number of nitrogens with one attached hydrogen (secondary N) is 1. The summed E-state index contributed by atoms with van der Waals surface area (Å²) in [7, 11) is 0. The van der Waals surface area contributed by atoms with Crippen LogP contribution in [0.4, 0.5) is 5.69 Å². The minimum absolute atomic E-state index is 0.163. The van der Waals surface area contributed by atoms with Gasteiger partial charge in [-0.1, -0.05) is 47.0 Å². The van der Waals surface area contributed by atoms with Crippen LogP contribution in [0.25, 0.3) is 0 Å². The van der Waals surface area contributed by atoms with Gasteiger partial charge in [0, 0.05) is 16.1 Å². The highest BCUT2D eigenvalue weighted by atomic mass is 35.5. The fourth-order valence-electron chi connectivity index (χ4n) is 1.67. The highest BCUT2D eigenvalue weighted by Gasteiger charge is 2.12. The molecule has 108 valence electrons. The second-order valence-electron chi connectivity index (χ2n) is 4.14. The number of halogens is 3. The standard InChI is InChI=1S/C14H9Cl3N2OS/c15-8-2-3-9(13(18)21)12(6-8)19-14(20)7-1-4-10(16)11(17)5-7/h1-6H,(H2,18,21)(H,19,20). The monoisotopic (exact) mass is 358 g/mol. The van der Waals surface area contributed by atoms with Crippen LogP contribution in [0.1, 0.15) is 15.9 Å². The Hall–Kier alpha value is -1.33. The van der Waals surface area contributed by atoms with Gasteiger partial charge in [0.15, 0.2) is 0 Å². The number of hydrogen-bond acceptors (Lipinski definition) is 2. The largest absolute Gasteiger partial charge is 0.389 e. The van der Waals surface area contributed by atoms with Gasteiger partial charge in [-0.2, -0.15) is 0 Å². The highest BCUT2D eigenvalue weighted by Crippen LogP contribution is 2.25. The Morgan fingerprint density at radius 2 is 1.76 bits per heavy atom. The van der Waals surface area contributed by atoms with Gasteiger partial charge in [-0.05, 0) is 36.4 Å². The number of benzene rings is 2. The molecule has 0 aromatic heterocycles. The normalized spacial score (nSPS) is 10.2. The number of nitrogens with two attached hydrogens (primary N) is 1. The van der Waals surface area contributed by atoms with E-state index in [1.165, 1.54) is 6.07 Å². The van der Waals surface area contributed by atoms with Crippen molar-refractivity contribution < 1.29 is 4.79 Å². The molecular weight excluding hydrogens is 351 g/mol. The van der Waals surface area contributed by atoms with Gasteiger partial charge in [0.1, 0.15) is 4.99 Å². The van der Waals surface area contributed by atoms with E-state index in [4.69, 9.17) is 52.8 Å².